The van der Waals surface area contributed by atoms with E-state index in [0.717, 1.165) is 35.1 Å². The maximum atomic E-state index is 13.3. The van der Waals surface area contributed by atoms with Crippen LogP contribution in [0.2, 0.25) is 0 Å². The van der Waals surface area contributed by atoms with E-state index in [0.29, 0.717) is 24.4 Å². The molecule has 1 amide bonds. The minimum absolute atomic E-state index is 0.0509. The molecule has 2 aromatic heterocycles. The van der Waals surface area contributed by atoms with Crippen molar-refractivity contribution in [2.75, 3.05) is 31.1 Å². The summed E-state index contributed by atoms with van der Waals surface area (Å²) in [4.78, 5) is 22.1. The van der Waals surface area contributed by atoms with Crippen molar-refractivity contribution >= 4 is 23.4 Å². The minimum Gasteiger partial charge on any atom is -0.368 e. The quantitative estimate of drug-likeness (QED) is 0.547. The van der Waals surface area contributed by atoms with Crippen LogP contribution in [-0.2, 0) is 5.75 Å². The molecule has 4 rings (SSSR count). The fourth-order valence-corrected chi connectivity index (χ4v) is 5.06. The Balaban J connectivity index is 1.44. The van der Waals surface area contributed by atoms with E-state index in [-0.39, 0.29) is 5.91 Å². The number of thioether (sulfide) groups is 1. The number of carbonyl (C=O) groups is 1. The van der Waals surface area contributed by atoms with Crippen molar-refractivity contribution in [1.29, 1.82) is 0 Å². The Labute approximate surface area is 187 Å². The van der Waals surface area contributed by atoms with Crippen molar-refractivity contribution in [3.63, 3.8) is 0 Å². The highest BCUT2D eigenvalue weighted by atomic mass is 32.2. The Bertz CT molecular complexity index is 1070. The number of pyridine rings is 1. The van der Waals surface area contributed by atoms with Crippen LogP contribution in [0.5, 0.6) is 0 Å². The third kappa shape index (κ3) is 4.46. The van der Waals surface area contributed by atoms with E-state index in [1.807, 2.05) is 30.9 Å². The molecule has 0 radical (unpaired) electrons. The Morgan fingerprint density at radius 3 is 2.55 bits per heavy atom. The van der Waals surface area contributed by atoms with Gasteiger partial charge in [0, 0.05) is 49.4 Å². The largest absolute Gasteiger partial charge is 0.368 e. The fraction of sp³-hybridized carbons (Fsp3) is 0.375. The van der Waals surface area contributed by atoms with Gasteiger partial charge in [-0.25, -0.2) is 4.98 Å². The molecule has 0 atom stereocenters. The van der Waals surface area contributed by atoms with E-state index >= 15 is 0 Å². The molecule has 1 saturated heterocycles. The van der Waals surface area contributed by atoms with Gasteiger partial charge in [-0.05, 0) is 57.0 Å². The van der Waals surface area contributed by atoms with Crippen LogP contribution >= 0.6 is 11.8 Å². The lowest BCUT2D eigenvalue weighted by Crippen LogP contribution is -2.49. The number of aromatic nitrogens is 2. The predicted molar refractivity (Wildman–Crippen MR) is 124 cm³/mol. The van der Waals surface area contributed by atoms with Crippen LogP contribution in [0.15, 0.2) is 46.1 Å². The third-order valence-corrected chi connectivity index (χ3v) is 7.05. The first-order chi connectivity index (χ1) is 15.0. The number of amides is 1. The molecule has 0 saturated carbocycles. The number of piperazine rings is 1. The van der Waals surface area contributed by atoms with Crippen molar-refractivity contribution in [3.8, 4) is 0 Å². The van der Waals surface area contributed by atoms with Gasteiger partial charge in [0.1, 0.15) is 10.8 Å². The highest BCUT2D eigenvalue weighted by Gasteiger charge is 2.25. The second kappa shape index (κ2) is 9.14. The highest BCUT2D eigenvalue weighted by molar-refractivity contribution is 7.98. The van der Waals surface area contributed by atoms with Gasteiger partial charge in [0.05, 0.1) is 11.3 Å². The van der Waals surface area contributed by atoms with Crippen LogP contribution in [0, 0.1) is 27.7 Å². The molecule has 3 aromatic rings. The molecular weight excluding hydrogens is 408 g/mol. The number of hydrogen-bond donors (Lipinski definition) is 0. The van der Waals surface area contributed by atoms with E-state index in [4.69, 9.17) is 4.52 Å². The topological polar surface area (TPSA) is 62.5 Å². The molecule has 6 nitrogen and oxygen atoms in total. The second-order valence-corrected chi connectivity index (χ2v) is 8.91. The van der Waals surface area contributed by atoms with Gasteiger partial charge in [0.2, 0.25) is 0 Å². The lowest BCUT2D eigenvalue weighted by atomic mass is 10.1. The van der Waals surface area contributed by atoms with Gasteiger partial charge in [0.25, 0.3) is 5.91 Å². The van der Waals surface area contributed by atoms with Gasteiger partial charge in [-0.2, -0.15) is 0 Å². The monoisotopic (exact) mass is 436 g/mol. The third-order valence-electron chi connectivity index (χ3n) is 6.02. The normalized spacial score (nSPS) is 14.2. The van der Waals surface area contributed by atoms with Gasteiger partial charge >= 0.3 is 0 Å². The molecule has 1 aromatic carbocycles. The van der Waals surface area contributed by atoms with E-state index in [1.54, 1.807) is 18.0 Å². The summed E-state index contributed by atoms with van der Waals surface area (Å²) in [5, 5.41) is 4.77. The maximum absolute atomic E-state index is 13.3. The standard InChI is InChI=1S/C24H28N4O2S/c1-16-7-5-9-22(17(16)2)27-11-13-28(14-12-27)24(29)20-8-6-10-25-23(20)31-15-21-18(3)26-30-19(21)4/h5-10H,11-15H2,1-4H3. The molecule has 0 unspecified atom stereocenters. The van der Waals surface area contributed by atoms with E-state index < -0.39 is 0 Å². The number of aryl methyl sites for hydroxylation is 3. The molecular formula is C24H28N4O2S. The van der Waals surface area contributed by atoms with Crippen LogP contribution in [0.25, 0.3) is 0 Å². The zero-order valence-electron chi connectivity index (χ0n) is 18.5. The lowest BCUT2D eigenvalue weighted by molar-refractivity contribution is 0.0742. The Kier molecular flexibility index (Phi) is 6.32. The lowest BCUT2D eigenvalue weighted by Gasteiger charge is -2.37. The maximum Gasteiger partial charge on any atom is 0.256 e. The Morgan fingerprint density at radius 2 is 1.84 bits per heavy atom. The summed E-state index contributed by atoms with van der Waals surface area (Å²) in [5.41, 5.74) is 6.50. The molecule has 1 fully saturated rings. The zero-order valence-corrected chi connectivity index (χ0v) is 19.3. The summed E-state index contributed by atoms with van der Waals surface area (Å²) < 4.78 is 5.26. The molecule has 1 aliphatic rings. The smallest absolute Gasteiger partial charge is 0.256 e. The second-order valence-electron chi connectivity index (χ2n) is 7.95. The first-order valence-electron chi connectivity index (χ1n) is 10.6. The van der Waals surface area contributed by atoms with Crippen molar-refractivity contribution < 1.29 is 9.32 Å². The van der Waals surface area contributed by atoms with Crippen molar-refractivity contribution in [3.05, 3.63) is 70.2 Å². The van der Waals surface area contributed by atoms with Crippen molar-refractivity contribution in [2.24, 2.45) is 0 Å². The number of carbonyl (C=O) groups excluding carboxylic acids is 1. The van der Waals surface area contributed by atoms with Gasteiger partial charge in [0.15, 0.2) is 0 Å². The Morgan fingerprint density at radius 1 is 1.06 bits per heavy atom. The Hall–Kier alpha value is -2.80. The highest BCUT2D eigenvalue weighted by Crippen LogP contribution is 2.29. The number of nitrogens with zero attached hydrogens (tertiary/aromatic N) is 4. The molecule has 3 heterocycles. The summed E-state index contributed by atoms with van der Waals surface area (Å²) in [6, 6.07) is 10.1. The summed E-state index contributed by atoms with van der Waals surface area (Å²) >= 11 is 1.56. The van der Waals surface area contributed by atoms with Crippen LogP contribution in [0.4, 0.5) is 5.69 Å². The molecule has 162 valence electrons. The van der Waals surface area contributed by atoms with Crippen LogP contribution in [0.1, 0.15) is 38.5 Å². The number of rotatable bonds is 5. The van der Waals surface area contributed by atoms with E-state index in [9.17, 15) is 4.79 Å². The molecule has 0 aliphatic carbocycles. The molecule has 0 spiro atoms. The minimum atomic E-state index is 0.0509. The summed E-state index contributed by atoms with van der Waals surface area (Å²) in [6.07, 6.45) is 1.74. The van der Waals surface area contributed by atoms with Gasteiger partial charge in [-0.3, -0.25) is 4.79 Å². The number of hydrogen-bond acceptors (Lipinski definition) is 6. The van der Waals surface area contributed by atoms with Crippen LogP contribution < -0.4 is 4.90 Å². The molecule has 31 heavy (non-hydrogen) atoms. The predicted octanol–water partition coefficient (Wildman–Crippen LogP) is 4.56. The molecule has 0 N–H and O–H groups in total. The first-order valence-corrected chi connectivity index (χ1v) is 11.5. The summed E-state index contributed by atoms with van der Waals surface area (Å²) in [5.74, 6) is 1.55. The van der Waals surface area contributed by atoms with Crippen LogP contribution in [0.3, 0.4) is 0 Å². The average molecular weight is 437 g/mol. The van der Waals surface area contributed by atoms with Gasteiger partial charge in [-0.15, -0.1) is 11.8 Å². The zero-order chi connectivity index (χ0) is 22.0. The van der Waals surface area contributed by atoms with E-state index in [2.05, 4.69) is 47.1 Å². The van der Waals surface area contributed by atoms with Gasteiger partial charge in [-0.1, -0.05) is 17.3 Å². The average Bonchev–Trinajstić information content (AvgIpc) is 3.11. The fourth-order valence-electron chi connectivity index (χ4n) is 3.92. The van der Waals surface area contributed by atoms with Crippen molar-refractivity contribution in [1.82, 2.24) is 15.0 Å². The first kappa shape index (κ1) is 21.4. The molecule has 7 heteroatoms. The number of anilines is 1. The number of benzene rings is 1. The SMILES string of the molecule is Cc1cccc(N2CCN(C(=O)c3cccnc3SCc3c(C)noc3C)CC2)c1C. The molecule has 0 bridgehead atoms. The summed E-state index contributed by atoms with van der Waals surface area (Å²) in [7, 11) is 0. The van der Waals surface area contributed by atoms with Gasteiger partial charge < -0.3 is 14.3 Å². The van der Waals surface area contributed by atoms with Crippen LogP contribution in [-0.4, -0.2) is 47.1 Å². The summed E-state index contributed by atoms with van der Waals surface area (Å²) in [6.45, 7) is 11.2. The van der Waals surface area contributed by atoms with E-state index in [1.165, 1.54) is 16.8 Å². The van der Waals surface area contributed by atoms with Crippen molar-refractivity contribution in [2.45, 2.75) is 38.5 Å². The molecule has 1 aliphatic heterocycles.